The smallest absolute Gasteiger partial charge is 0.231 e. The molecule has 1 saturated heterocycles. The lowest BCUT2D eigenvalue weighted by Crippen LogP contribution is -2.34. The molecule has 2 aliphatic rings. The molecule has 2 aromatic heterocycles. The number of benzene rings is 1. The minimum atomic E-state index is 0.318. The summed E-state index contributed by atoms with van der Waals surface area (Å²) < 4.78 is 15.1. The Bertz CT molecular complexity index is 952. The number of fused-ring (bicyclic) bond motifs is 1. The van der Waals surface area contributed by atoms with E-state index in [1.165, 1.54) is 12.0 Å². The van der Waals surface area contributed by atoms with Gasteiger partial charge in [0.05, 0.1) is 12.9 Å². The maximum absolute atomic E-state index is 5.51. The summed E-state index contributed by atoms with van der Waals surface area (Å²) in [5, 5.41) is 8.95. The van der Waals surface area contributed by atoms with Crippen LogP contribution in [0.25, 0.3) is 0 Å². The second-order valence-electron chi connectivity index (χ2n) is 7.53. The standard InChI is InChI=1S/C20H24N6O2/c1-24-19(12-26-8-6-21-13-26)22-23-20(24)16-3-2-7-25(11-16)10-15-4-5-17-18(9-15)28-14-27-17/h4-6,8-9,13,16H,2-3,7,10-12,14H2,1H3. The second kappa shape index (κ2) is 7.27. The predicted molar refractivity (Wildman–Crippen MR) is 102 cm³/mol. The first-order chi connectivity index (χ1) is 13.8. The Kier molecular flexibility index (Phi) is 4.48. The van der Waals surface area contributed by atoms with E-state index >= 15 is 0 Å². The van der Waals surface area contributed by atoms with Crippen molar-refractivity contribution in [2.75, 3.05) is 19.9 Å². The molecule has 146 valence electrons. The van der Waals surface area contributed by atoms with Crippen molar-refractivity contribution in [1.82, 2.24) is 29.2 Å². The van der Waals surface area contributed by atoms with Crippen LogP contribution < -0.4 is 9.47 Å². The van der Waals surface area contributed by atoms with E-state index in [0.29, 0.717) is 19.3 Å². The van der Waals surface area contributed by atoms with Gasteiger partial charge in [0.25, 0.3) is 0 Å². The van der Waals surface area contributed by atoms with E-state index in [0.717, 1.165) is 49.2 Å². The predicted octanol–water partition coefficient (Wildman–Crippen LogP) is 2.17. The van der Waals surface area contributed by atoms with Crippen LogP contribution in [0.2, 0.25) is 0 Å². The molecule has 8 heteroatoms. The van der Waals surface area contributed by atoms with Crippen molar-refractivity contribution in [2.24, 2.45) is 7.05 Å². The zero-order valence-electron chi connectivity index (χ0n) is 16.0. The van der Waals surface area contributed by atoms with Crippen molar-refractivity contribution in [1.29, 1.82) is 0 Å². The fourth-order valence-electron chi connectivity index (χ4n) is 4.12. The van der Waals surface area contributed by atoms with Crippen LogP contribution in [0, 0.1) is 0 Å². The molecule has 5 rings (SSSR count). The molecule has 0 saturated carbocycles. The summed E-state index contributed by atoms with van der Waals surface area (Å²) in [7, 11) is 2.07. The van der Waals surface area contributed by atoms with Gasteiger partial charge < -0.3 is 18.6 Å². The molecular formula is C20H24N6O2. The van der Waals surface area contributed by atoms with Gasteiger partial charge in [0.15, 0.2) is 17.3 Å². The van der Waals surface area contributed by atoms with Gasteiger partial charge in [-0.15, -0.1) is 10.2 Å². The van der Waals surface area contributed by atoms with E-state index in [1.54, 1.807) is 6.20 Å². The highest BCUT2D eigenvalue weighted by Gasteiger charge is 2.26. The summed E-state index contributed by atoms with van der Waals surface area (Å²) in [4.78, 5) is 6.59. The number of hydrogen-bond acceptors (Lipinski definition) is 6. The summed E-state index contributed by atoms with van der Waals surface area (Å²) in [5.41, 5.74) is 1.25. The topological polar surface area (TPSA) is 70.2 Å². The SMILES string of the molecule is Cn1c(Cn2ccnc2)nnc1C1CCCN(Cc2ccc3c(c2)OCO3)C1. The summed E-state index contributed by atoms with van der Waals surface area (Å²) >= 11 is 0. The van der Waals surface area contributed by atoms with Crippen LogP contribution in [0.1, 0.15) is 36.0 Å². The number of rotatable bonds is 5. The van der Waals surface area contributed by atoms with Crippen molar-refractivity contribution in [2.45, 2.75) is 31.8 Å². The molecule has 8 nitrogen and oxygen atoms in total. The Morgan fingerprint density at radius 3 is 2.96 bits per heavy atom. The zero-order valence-corrected chi connectivity index (χ0v) is 16.0. The number of imidazole rings is 1. The molecule has 1 atom stereocenters. The van der Waals surface area contributed by atoms with Gasteiger partial charge in [0.2, 0.25) is 6.79 Å². The van der Waals surface area contributed by atoms with Gasteiger partial charge in [-0.05, 0) is 37.1 Å². The number of nitrogens with zero attached hydrogens (tertiary/aromatic N) is 6. The van der Waals surface area contributed by atoms with Crippen LogP contribution >= 0.6 is 0 Å². The lowest BCUT2D eigenvalue weighted by atomic mass is 9.96. The highest BCUT2D eigenvalue weighted by Crippen LogP contribution is 2.33. The first-order valence-corrected chi connectivity index (χ1v) is 9.71. The maximum atomic E-state index is 5.51. The lowest BCUT2D eigenvalue weighted by molar-refractivity contribution is 0.173. The molecule has 0 spiro atoms. The molecule has 1 unspecified atom stereocenters. The summed E-state index contributed by atoms with van der Waals surface area (Å²) in [6, 6.07) is 6.23. The monoisotopic (exact) mass is 380 g/mol. The van der Waals surface area contributed by atoms with Crippen LogP contribution in [0.5, 0.6) is 11.5 Å². The molecule has 0 N–H and O–H groups in total. The Balaban J connectivity index is 1.27. The number of piperidine rings is 1. The normalized spacial score (nSPS) is 19.2. The minimum Gasteiger partial charge on any atom is -0.454 e. The van der Waals surface area contributed by atoms with Gasteiger partial charge in [-0.25, -0.2) is 4.98 Å². The third-order valence-electron chi connectivity index (χ3n) is 5.60. The first kappa shape index (κ1) is 17.2. The molecule has 1 fully saturated rings. The summed E-state index contributed by atoms with van der Waals surface area (Å²) in [5.74, 6) is 4.12. The Labute approximate surface area is 163 Å². The molecule has 0 aliphatic carbocycles. The number of hydrogen-bond donors (Lipinski definition) is 0. The van der Waals surface area contributed by atoms with Gasteiger partial charge >= 0.3 is 0 Å². The molecule has 0 radical (unpaired) electrons. The molecule has 28 heavy (non-hydrogen) atoms. The fourth-order valence-corrected chi connectivity index (χ4v) is 4.12. The summed E-state index contributed by atoms with van der Waals surface area (Å²) in [6.45, 7) is 4.01. The van der Waals surface area contributed by atoms with Gasteiger partial charge in [-0.2, -0.15) is 0 Å². The van der Waals surface area contributed by atoms with Crippen molar-refractivity contribution in [3.63, 3.8) is 0 Å². The molecule has 0 amide bonds. The van der Waals surface area contributed by atoms with E-state index in [2.05, 4.69) is 43.8 Å². The van der Waals surface area contributed by atoms with Gasteiger partial charge in [0.1, 0.15) is 5.82 Å². The molecule has 1 aromatic carbocycles. The van der Waals surface area contributed by atoms with Crippen molar-refractivity contribution in [3.8, 4) is 11.5 Å². The lowest BCUT2D eigenvalue weighted by Gasteiger charge is -2.32. The Morgan fingerprint density at radius 1 is 1.14 bits per heavy atom. The van der Waals surface area contributed by atoms with E-state index in [-0.39, 0.29) is 0 Å². The third kappa shape index (κ3) is 3.35. The second-order valence-corrected chi connectivity index (χ2v) is 7.53. The highest BCUT2D eigenvalue weighted by molar-refractivity contribution is 5.44. The van der Waals surface area contributed by atoms with Crippen LogP contribution in [-0.4, -0.2) is 49.1 Å². The minimum absolute atomic E-state index is 0.318. The van der Waals surface area contributed by atoms with E-state index in [1.807, 2.05) is 23.2 Å². The highest BCUT2D eigenvalue weighted by atomic mass is 16.7. The van der Waals surface area contributed by atoms with Crippen LogP contribution in [0.15, 0.2) is 36.9 Å². The van der Waals surface area contributed by atoms with E-state index in [4.69, 9.17) is 9.47 Å². The Hall–Kier alpha value is -2.87. The van der Waals surface area contributed by atoms with Gasteiger partial charge in [-0.1, -0.05) is 6.07 Å². The molecule has 3 aromatic rings. The number of ether oxygens (including phenoxy) is 2. The molecule has 0 bridgehead atoms. The van der Waals surface area contributed by atoms with Crippen LogP contribution in [0.3, 0.4) is 0 Å². The van der Waals surface area contributed by atoms with Gasteiger partial charge in [0, 0.05) is 38.4 Å². The van der Waals surface area contributed by atoms with Gasteiger partial charge in [-0.3, -0.25) is 4.90 Å². The van der Waals surface area contributed by atoms with Crippen LogP contribution in [0.4, 0.5) is 0 Å². The summed E-state index contributed by atoms with van der Waals surface area (Å²) in [6.07, 6.45) is 7.85. The number of likely N-dealkylation sites (tertiary alicyclic amines) is 1. The average Bonchev–Trinajstić information content (AvgIpc) is 3.45. The molecular weight excluding hydrogens is 356 g/mol. The fraction of sp³-hybridized carbons (Fsp3) is 0.450. The van der Waals surface area contributed by atoms with Crippen molar-refractivity contribution in [3.05, 3.63) is 54.1 Å². The van der Waals surface area contributed by atoms with E-state index < -0.39 is 0 Å². The van der Waals surface area contributed by atoms with E-state index in [9.17, 15) is 0 Å². The largest absolute Gasteiger partial charge is 0.454 e. The zero-order chi connectivity index (χ0) is 18.9. The average molecular weight is 380 g/mol. The molecule has 4 heterocycles. The van der Waals surface area contributed by atoms with Crippen molar-refractivity contribution < 1.29 is 9.47 Å². The third-order valence-corrected chi connectivity index (χ3v) is 5.60. The molecule has 2 aliphatic heterocycles. The van der Waals surface area contributed by atoms with Crippen molar-refractivity contribution >= 4 is 0 Å². The van der Waals surface area contributed by atoms with Crippen LogP contribution in [-0.2, 0) is 20.1 Å². The quantitative estimate of drug-likeness (QED) is 0.676. The Morgan fingerprint density at radius 2 is 2.07 bits per heavy atom. The first-order valence-electron chi connectivity index (χ1n) is 9.71. The number of aromatic nitrogens is 5. The maximum Gasteiger partial charge on any atom is 0.231 e.